The summed E-state index contributed by atoms with van der Waals surface area (Å²) in [5.74, 6) is 0.911. The van der Waals surface area contributed by atoms with Crippen LogP contribution in [0.15, 0.2) is 36.4 Å². The second-order valence-electron chi connectivity index (χ2n) is 7.08. The third-order valence-corrected chi connectivity index (χ3v) is 5.15. The Morgan fingerprint density at radius 1 is 1.00 bits per heavy atom. The molecular weight excluding hydrogens is 353 g/mol. The van der Waals surface area contributed by atoms with Gasteiger partial charge in [-0.2, -0.15) is 0 Å². The molecule has 4 heteroatoms. The standard InChI is InChI=1S/C24H28FNO2/c1-5-7-9-19-14-18-10-8-11-21(25)23(18)26-24(19)28-22-13-12-20(15-27-6-2)16(3)17(22)4/h8,10-14H,5-7,9,15H2,1-4H3. The van der Waals surface area contributed by atoms with Crippen LogP contribution in [-0.2, 0) is 17.8 Å². The minimum atomic E-state index is -0.329. The number of nitrogens with zero attached hydrogens (tertiary/aromatic N) is 1. The molecule has 0 fully saturated rings. The number of ether oxygens (including phenoxy) is 2. The molecule has 0 amide bonds. The molecule has 28 heavy (non-hydrogen) atoms. The molecule has 3 nitrogen and oxygen atoms in total. The maximum absolute atomic E-state index is 14.3. The van der Waals surface area contributed by atoms with E-state index < -0.39 is 0 Å². The van der Waals surface area contributed by atoms with E-state index in [1.807, 2.05) is 38.1 Å². The van der Waals surface area contributed by atoms with E-state index in [1.54, 1.807) is 6.07 Å². The van der Waals surface area contributed by atoms with Crippen LogP contribution in [0.1, 0.15) is 48.9 Å². The zero-order valence-corrected chi connectivity index (χ0v) is 17.1. The molecule has 0 atom stereocenters. The van der Waals surface area contributed by atoms with Gasteiger partial charge in [-0.25, -0.2) is 9.37 Å². The van der Waals surface area contributed by atoms with Crippen LogP contribution in [0.3, 0.4) is 0 Å². The number of aryl methyl sites for hydroxylation is 1. The van der Waals surface area contributed by atoms with E-state index in [2.05, 4.69) is 18.8 Å². The lowest BCUT2D eigenvalue weighted by Crippen LogP contribution is -2.01. The lowest BCUT2D eigenvalue weighted by atomic mass is 10.0. The minimum Gasteiger partial charge on any atom is -0.438 e. The molecule has 3 rings (SSSR count). The lowest BCUT2D eigenvalue weighted by Gasteiger charge is -2.16. The van der Waals surface area contributed by atoms with Crippen LogP contribution in [0.25, 0.3) is 10.9 Å². The summed E-state index contributed by atoms with van der Waals surface area (Å²) >= 11 is 0. The van der Waals surface area contributed by atoms with Crippen molar-refractivity contribution in [2.24, 2.45) is 0 Å². The van der Waals surface area contributed by atoms with Crippen molar-refractivity contribution >= 4 is 10.9 Å². The number of unbranched alkanes of at least 4 members (excludes halogenated alkanes) is 1. The van der Waals surface area contributed by atoms with Crippen LogP contribution in [0.2, 0.25) is 0 Å². The summed E-state index contributed by atoms with van der Waals surface area (Å²) in [7, 11) is 0. The molecule has 0 N–H and O–H groups in total. The summed E-state index contributed by atoms with van der Waals surface area (Å²) in [6.07, 6.45) is 2.96. The maximum Gasteiger partial charge on any atom is 0.223 e. The zero-order valence-electron chi connectivity index (χ0n) is 17.1. The highest BCUT2D eigenvalue weighted by molar-refractivity contribution is 5.80. The van der Waals surface area contributed by atoms with E-state index in [0.717, 1.165) is 52.7 Å². The van der Waals surface area contributed by atoms with Gasteiger partial charge in [-0.1, -0.05) is 31.5 Å². The number of pyridine rings is 1. The average Bonchev–Trinajstić information content (AvgIpc) is 2.70. The van der Waals surface area contributed by atoms with Crippen LogP contribution < -0.4 is 4.74 Å². The van der Waals surface area contributed by atoms with Gasteiger partial charge in [0.2, 0.25) is 5.88 Å². The van der Waals surface area contributed by atoms with Crippen molar-refractivity contribution in [3.05, 3.63) is 64.5 Å². The molecule has 1 aromatic heterocycles. The summed E-state index contributed by atoms with van der Waals surface area (Å²) in [5.41, 5.74) is 4.70. The van der Waals surface area contributed by atoms with Gasteiger partial charge in [0.25, 0.3) is 0 Å². The van der Waals surface area contributed by atoms with Gasteiger partial charge < -0.3 is 9.47 Å². The second kappa shape index (κ2) is 9.16. The van der Waals surface area contributed by atoms with E-state index in [-0.39, 0.29) is 5.82 Å². The van der Waals surface area contributed by atoms with Gasteiger partial charge in [0.1, 0.15) is 17.1 Å². The van der Waals surface area contributed by atoms with Gasteiger partial charge in [-0.05, 0) is 68.5 Å². The highest BCUT2D eigenvalue weighted by Gasteiger charge is 2.14. The third-order valence-electron chi connectivity index (χ3n) is 5.15. The molecule has 0 bridgehead atoms. The fourth-order valence-electron chi connectivity index (χ4n) is 3.26. The van der Waals surface area contributed by atoms with Crippen molar-refractivity contribution in [3.8, 4) is 11.6 Å². The van der Waals surface area contributed by atoms with E-state index in [4.69, 9.17) is 9.47 Å². The number of fused-ring (bicyclic) bond motifs is 1. The number of hydrogen-bond acceptors (Lipinski definition) is 3. The third kappa shape index (κ3) is 4.33. The van der Waals surface area contributed by atoms with Gasteiger partial charge >= 0.3 is 0 Å². The van der Waals surface area contributed by atoms with Gasteiger partial charge in [-0.3, -0.25) is 0 Å². The summed E-state index contributed by atoms with van der Waals surface area (Å²) in [5, 5.41) is 0.804. The fourth-order valence-corrected chi connectivity index (χ4v) is 3.26. The Morgan fingerprint density at radius 3 is 2.57 bits per heavy atom. The average molecular weight is 381 g/mol. The monoisotopic (exact) mass is 381 g/mol. The van der Waals surface area contributed by atoms with Gasteiger partial charge in [-0.15, -0.1) is 0 Å². The Bertz CT molecular complexity index is 968. The second-order valence-corrected chi connectivity index (χ2v) is 7.08. The predicted octanol–water partition coefficient (Wildman–Crippen LogP) is 6.66. The van der Waals surface area contributed by atoms with Crippen molar-refractivity contribution in [2.75, 3.05) is 6.61 Å². The molecule has 0 unspecified atom stereocenters. The van der Waals surface area contributed by atoms with E-state index in [0.29, 0.717) is 24.6 Å². The fraction of sp³-hybridized carbons (Fsp3) is 0.375. The number of hydrogen-bond donors (Lipinski definition) is 0. The molecule has 3 aromatic rings. The number of para-hydroxylation sites is 1. The first-order valence-corrected chi connectivity index (χ1v) is 9.98. The molecule has 0 aliphatic heterocycles. The number of aromatic nitrogens is 1. The van der Waals surface area contributed by atoms with Crippen molar-refractivity contribution in [3.63, 3.8) is 0 Å². The first kappa shape index (κ1) is 20.3. The topological polar surface area (TPSA) is 31.4 Å². The molecule has 0 saturated heterocycles. The largest absolute Gasteiger partial charge is 0.438 e. The Morgan fingerprint density at radius 2 is 1.82 bits per heavy atom. The number of rotatable bonds is 8. The Labute approximate surface area is 166 Å². The lowest BCUT2D eigenvalue weighted by molar-refractivity contribution is 0.133. The normalized spacial score (nSPS) is 11.2. The Kier molecular flexibility index (Phi) is 6.63. The Hall–Kier alpha value is -2.46. The summed E-state index contributed by atoms with van der Waals surface area (Å²) in [6, 6.07) is 11.0. The molecule has 0 spiro atoms. The van der Waals surface area contributed by atoms with Gasteiger partial charge in [0.05, 0.1) is 6.61 Å². The van der Waals surface area contributed by atoms with Crippen molar-refractivity contribution in [1.82, 2.24) is 4.98 Å². The molecule has 0 aliphatic carbocycles. The predicted molar refractivity (Wildman–Crippen MR) is 112 cm³/mol. The molecule has 2 aromatic carbocycles. The molecular formula is C24H28FNO2. The first-order valence-electron chi connectivity index (χ1n) is 9.98. The van der Waals surface area contributed by atoms with Gasteiger partial charge in [0, 0.05) is 17.6 Å². The molecule has 148 valence electrons. The van der Waals surface area contributed by atoms with E-state index in [1.165, 1.54) is 6.07 Å². The zero-order chi connectivity index (χ0) is 20.1. The summed E-state index contributed by atoms with van der Waals surface area (Å²) in [6.45, 7) is 9.52. The van der Waals surface area contributed by atoms with Crippen molar-refractivity contribution < 1.29 is 13.9 Å². The van der Waals surface area contributed by atoms with Gasteiger partial charge in [0.15, 0.2) is 0 Å². The highest BCUT2D eigenvalue weighted by atomic mass is 19.1. The highest BCUT2D eigenvalue weighted by Crippen LogP contribution is 2.33. The minimum absolute atomic E-state index is 0.329. The molecule has 0 aliphatic rings. The quantitative estimate of drug-likeness (QED) is 0.437. The molecule has 0 saturated carbocycles. The summed E-state index contributed by atoms with van der Waals surface area (Å²) < 4.78 is 26.0. The maximum atomic E-state index is 14.3. The number of halogens is 1. The van der Waals surface area contributed by atoms with Crippen LogP contribution in [0, 0.1) is 19.7 Å². The van der Waals surface area contributed by atoms with E-state index >= 15 is 0 Å². The van der Waals surface area contributed by atoms with Crippen LogP contribution in [0.4, 0.5) is 4.39 Å². The number of benzene rings is 2. The Balaban J connectivity index is 2.00. The summed E-state index contributed by atoms with van der Waals surface area (Å²) in [4.78, 5) is 4.54. The van der Waals surface area contributed by atoms with E-state index in [9.17, 15) is 4.39 Å². The molecule has 0 radical (unpaired) electrons. The van der Waals surface area contributed by atoms with Crippen LogP contribution >= 0.6 is 0 Å². The smallest absolute Gasteiger partial charge is 0.223 e. The van der Waals surface area contributed by atoms with Crippen LogP contribution in [0.5, 0.6) is 11.6 Å². The van der Waals surface area contributed by atoms with Crippen molar-refractivity contribution in [2.45, 2.75) is 53.6 Å². The van der Waals surface area contributed by atoms with Crippen LogP contribution in [-0.4, -0.2) is 11.6 Å². The molecule has 1 heterocycles. The first-order chi connectivity index (χ1) is 13.5. The van der Waals surface area contributed by atoms with Crippen molar-refractivity contribution in [1.29, 1.82) is 0 Å². The SMILES string of the molecule is CCCCc1cc2cccc(F)c2nc1Oc1ccc(COCC)c(C)c1C.